The summed E-state index contributed by atoms with van der Waals surface area (Å²) in [7, 11) is 1.81. The molecule has 2 N–H and O–H groups in total. The minimum absolute atomic E-state index is 0.127. The first-order valence-electron chi connectivity index (χ1n) is 7.91. The van der Waals surface area contributed by atoms with Gasteiger partial charge in [-0.2, -0.15) is 0 Å². The zero-order valence-corrected chi connectivity index (χ0v) is 16.0. The molecule has 2 rings (SSSR count). The second-order valence-corrected chi connectivity index (χ2v) is 8.36. The van der Waals surface area contributed by atoms with E-state index >= 15 is 0 Å². The predicted molar refractivity (Wildman–Crippen MR) is 102 cm³/mol. The molecule has 0 amide bonds. The lowest BCUT2D eigenvalue weighted by molar-refractivity contribution is 0.570. The van der Waals surface area contributed by atoms with Crippen molar-refractivity contribution in [1.29, 1.82) is 0 Å². The Labute approximate surface area is 147 Å². The van der Waals surface area contributed by atoms with Crippen LogP contribution in [0.1, 0.15) is 36.3 Å². The van der Waals surface area contributed by atoms with Crippen molar-refractivity contribution in [2.45, 2.75) is 39.0 Å². The van der Waals surface area contributed by atoms with Gasteiger partial charge < -0.3 is 10.6 Å². The number of rotatable bonds is 6. The van der Waals surface area contributed by atoms with Gasteiger partial charge in [0.2, 0.25) is 0 Å². The van der Waals surface area contributed by atoms with Gasteiger partial charge in [-0.3, -0.25) is 4.99 Å². The molecule has 0 saturated heterocycles. The number of nitrogens with zero attached hydrogens (tertiary/aromatic N) is 2. The molecule has 0 unspecified atom stereocenters. The molecule has 0 atom stereocenters. The largest absolute Gasteiger partial charge is 0.356 e. The molecule has 0 spiro atoms. The molecule has 0 radical (unpaired) electrons. The van der Waals surface area contributed by atoms with E-state index in [0.717, 1.165) is 31.9 Å². The Morgan fingerprint density at radius 1 is 1.17 bits per heavy atom. The smallest absolute Gasteiger partial charge is 0.191 e. The molecule has 0 bridgehead atoms. The molecule has 2 aromatic heterocycles. The van der Waals surface area contributed by atoms with Crippen molar-refractivity contribution in [3.63, 3.8) is 0 Å². The highest BCUT2D eigenvalue weighted by Crippen LogP contribution is 2.23. The third-order valence-electron chi connectivity index (χ3n) is 3.42. The lowest BCUT2D eigenvalue weighted by Gasteiger charge is -2.14. The maximum atomic E-state index is 4.72. The number of thiazole rings is 1. The fourth-order valence-electron chi connectivity index (χ4n) is 2.04. The van der Waals surface area contributed by atoms with Gasteiger partial charge in [0, 0.05) is 42.2 Å². The summed E-state index contributed by atoms with van der Waals surface area (Å²) in [5.74, 6) is 0.856. The van der Waals surface area contributed by atoms with Gasteiger partial charge in [0.25, 0.3) is 0 Å². The van der Waals surface area contributed by atoms with Crippen LogP contribution in [0.2, 0.25) is 0 Å². The number of hydrogen-bond acceptors (Lipinski definition) is 4. The van der Waals surface area contributed by atoms with E-state index in [-0.39, 0.29) is 5.41 Å². The zero-order chi connectivity index (χ0) is 16.7. The molecular formula is C17H26N4S2. The molecule has 6 heteroatoms. The Morgan fingerprint density at radius 2 is 1.91 bits per heavy atom. The molecule has 0 aliphatic carbocycles. The summed E-state index contributed by atoms with van der Waals surface area (Å²) in [4.78, 5) is 10.4. The molecule has 0 aromatic carbocycles. The number of aliphatic imine (C=N–C) groups is 1. The first-order valence-corrected chi connectivity index (χ1v) is 9.67. The van der Waals surface area contributed by atoms with Crippen LogP contribution in [0.25, 0.3) is 0 Å². The highest BCUT2D eigenvalue weighted by atomic mass is 32.1. The fraction of sp³-hybridized carbons (Fsp3) is 0.529. The third kappa shape index (κ3) is 5.95. The molecule has 0 aliphatic rings. The maximum absolute atomic E-state index is 4.72. The Hall–Kier alpha value is -1.40. The monoisotopic (exact) mass is 350 g/mol. The Kier molecular flexibility index (Phi) is 6.59. The van der Waals surface area contributed by atoms with E-state index in [4.69, 9.17) is 4.98 Å². The van der Waals surface area contributed by atoms with Crippen LogP contribution in [0.5, 0.6) is 0 Å². The van der Waals surface area contributed by atoms with E-state index in [1.165, 1.54) is 15.6 Å². The average Bonchev–Trinajstić information content (AvgIpc) is 3.16. The standard InChI is InChI=1S/C17H26N4S2/c1-17(2,3)14-12-23-15(21-14)8-10-20-16(18-4)19-9-7-13-6-5-11-22-13/h5-6,11-12H,7-10H2,1-4H3,(H2,18,19,20). The third-order valence-corrected chi connectivity index (χ3v) is 5.26. The Bertz CT molecular complexity index is 609. The molecule has 0 fully saturated rings. The molecule has 0 saturated carbocycles. The van der Waals surface area contributed by atoms with Crippen molar-refractivity contribution in [3.05, 3.63) is 38.5 Å². The minimum Gasteiger partial charge on any atom is -0.356 e. The van der Waals surface area contributed by atoms with E-state index in [9.17, 15) is 0 Å². The predicted octanol–water partition coefficient (Wildman–Crippen LogP) is 3.45. The maximum Gasteiger partial charge on any atom is 0.191 e. The van der Waals surface area contributed by atoms with Gasteiger partial charge >= 0.3 is 0 Å². The summed E-state index contributed by atoms with van der Waals surface area (Å²) in [5, 5.41) is 12.2. The quantitative estimate of drug-likeness (QED) is 0.620. The SMILES string of the molecule is CN=C(NCCc1cccs1)NCCc1nc(C(C)(C)C)cs1. The molecule has 126 valence electrons. The van der Waals surface area contributed by atoms with Crippen molar-refractivity contribution in [3.8, 4) is 0 Å². The highest BCUT2D eigenvalue weighted by Gasteiger charge is 2.17. The lowest BCUT2D eigenvalue weighted by atomic mass is 9.93. The molecule has 0 aliphatic heterocycles. The summed E-state index contributed by atoms with van der Waals surface area (Å²) in [5.41, 5.74) is 1.30. The van der Waals surface area contributed by atoms with Crippen LogP contribution >= 0.6 is 22.7 Å². The van der Waals surface area contributed by atoms with E-state index in [0.29, 0.717) is 0 Å². The van der Waals surface area contributed by atoms with E-state index in [2.05, 4.69) is 59.3 Å². The van der Waals surface area contributed by atoms with E-state index in [1.807, 2.05) is 7.05 Å². The first-order chi connectivity index (χ1) is 11.0. The fourth-order valence-corrected chi connectivity index (χ4v) is 3.77. The van der Waals surface area contributed by atoms with Crippen molar-refractivity contribution in [1.82, 2.24) is 15.6 Å². The summed E-state index contributed by atoms with van der Waals surface area (Å²) in [6.07, 6.45) is 1.95. The van der Waals surface area contributed by atoms with Crippen molar-refractivity contribution < 1.29 is 0 Å². The second-order valence-electron chi connectivity index (χ2n) is 6.38. The van der Waals surface area contributed by atoms with Crippen LogP contribution in [0.3, 0.4) is 0 Å². The topological polar surface area (TPSA) is 49.3 Å². The molecular weight excluding hydrogens is 324 g/mol. The Balaban J connectivity index is 1.70. The number of guanidine groups is 1. The molecule has 23 heavy (non-hydrogen) atoms. The van der Waals surface area contributed by atoms with Gasteiger partial charge in [-0.05, 0) is 17.9 Å². The number of thiophene rings is 1. The summed E-state index contributed by atoms with van der Waals surface area (Å²) >= 11 is 3.54. The van der Waals surface area contributed by atoms with E-state index in [1.54, 1.807) is 22.7 Å². The average molecular weight is 351 g/mol. The molecule has 2 aromatic rings. The summed E-state index contributed by atoms with van der Waals surface area (Å²) < 4.78 is 0. The first kappa shape index (κ1) is 17.9. The van der Waals surface area contributed by atoms with Gasteiger partial charge in [-0.1, -0.05) is 26.8 Å². The lowest BCUT2D eigenvalue weighted by Crippen LogP contribution is -2.39. The van der Waals surface area contributed by atoms with Crippen LogP contribution in [-0.2, 0) is 18.3 Å². The van der Waals surface area contributed by atoms with Crippen LogP contribution in [0, 0.1) is 0 Å². The van der Waals surface area contributed by atoms with Gasteiger partial charge in [0.1, 0.15) is 0 Å². The van der Waals surface area contributed by atoms with Crippen LogP contribution in [0.15, 0.2) is 27.9 Å². The van der Waals surface area contributed by atoms with Gasteiger partial charge in [-0.25, -0.2) is 4.98 Å². The van der Waals surface area contributed by atoms with E-state index < -0.39 is 0 Å². The van der Waals surface area contributed by atoms with Gasteiger partial charge in [0.15, 0.2) is 5.96 Å². The number of nitrogens with one attached hydrogen (secondary N) is 2. The minimum atomic E-state index is 0.127. The second kappa shape index (κ2) is 8.45. The summed E-state index contributed by atoms with van der Waals surface area (Å²) in [6, 6.07) is 4.25. The van der Waals surface area contributed by atoms with Crippen LogP contribution in [0.4, 0.5) is 0 Å². The van der Waals surface area contributed by atoms with Crippen LogP contribution < -0.4 is 10.6 Å². The highest BCUT2D eigenvalue weighted by molar-refractivity contribution is 7.10. The van der Waals surface area contributed by atoms with Crippen molar-refractivity contribution in [2.75, 3.05) is 20.1 Å². The number of hydrogen-bond donors (Lipinski definition) is 2. The van der Waals surface area contributed by atoms with Gasteiger partial charge in [0.05, 0.1) is 10.7 Å². The van der Waals surface area contributed by atoms with Crippen LogP contribution in [-0.4, -0.2) is 31.1 Å². The summed E-state index contributed by atoms with van der Waals surface area (Å²) in [6.45, 7) is 8.33. The van der Waals surface area contributed by atoms with Gasteiger partial charge in [-0.15, -0.1) is 22.7 Å². The normalized spacial score (nSPS) is 12.4. The van der Waals surface area contributed by atoms with Crippen molar-refractivity contribution in [2.24, 2.45) is 4.99 Å². The number of aromatic nitrogens is 1. The van der Waals surface area contributed by atoms with Crippen molar-refractivity contribution >= 4 is 28.6 Å². The Morgan fingerprint density at radius 3 is 2.48 bits per heavy atom. The molecule has 2 heterocycles. The zero-order valence-electron chi connectivity index (χ0n) is 14.3. The molecule has 4 nitrogen and oxygen atoms in total.